The summed E-state index contributed by atoms with van der Waals surface area (Å²) in [6.07, 6.45) is 0.248. The first kappa shape index (κ1) is 22.0. The Kier molecular flexibility index (Phi) is 6.04. The molecular formula is C25H30N4O3. The molecule has 2 atom stereocenters. The summed E-state index contributed by atoms with van der Waals surface area (Å²) in [5.41, 5.74) is 4.21. The van der Waals surface area contributed by atoms with Crippen LogP contribution in [0.2, 0.25) is 0 Å². The van der Waals surface area contributed by atoms with Gasteiger partial charge in [-0.15, -0.1) is 0 Å². The van der Waals surface area contributed by atoms with Crippen LogP contribution in [0.3, 0.4) is 0 Å². The molecule has 0 saturated carbocycles. The number of hydrogen-bond acceptors (Lipinski definition) is 4. The number of nitrogens with one attached hydrogen (secondary N) is 2. The Morgan fingerprint density at radius 1 is 1.16 bits per heavy atom. The van der Waals surface area contributed by atoms with Crippen molar-refractivity contribution in [3.05, 3.63) is 77.0 Å². The minimum atomic E-state index is -0.698. The van der Waals surface area contributed by atoms with E-state index in [0.29, 0.717) is 18.7 Å². The van der Waals surface area contributed by atoms with Gasteiger partial charge >= 0.3 is 6.03 Å². The molecule has 0 aliphatic heterocycles. The fourth-order valence-corrected chi connectivity index (χ4v) is 4.59. The number of hydrogen-bond donors (Lipinski definition) is 4. The van der Waals surface area contributed by atoms with Crippen LogP contribution in [0.5, 0.6) is 0 Å². The summed E-state index contributed by atoms with van der Waals surface area (Å²) in [4.78, 5) is 13.1. The SMILES string of the molecule is Cc1c(CCO)nn(-c2ccccc2)c1NC(=O)NC1c2ccccc2C(C)(C)CC1O. The van der Waals surface area contributed by atoms with Crippen LogP contribution in [0, 0.1) is 6.92 Å². The molecule has 7 heteroatoms. The van der Waals surface area contributed by atoms with Gasteiger partial charge in [-0.3, -0.25) is 5.32 Å². The Bertz CT molecular complexity index is 1110. The van der Waals surface area contributed by atoms with Crippen molar-refractivity contribution in [3.63, 3.8) is 0 Å². The summed E-state index contributed by atoms with van der Waals surface area (Å²) in [5.74, 6) is 0.538. The molecule has 0 saturated heterocycles. The van der Waals surface area contributed by atoms with Gasteiger partial charge < -0.3 is 15.5 Å². The highest BCUT2D eigenvalue weighted by atomic mass is 16.3. The van der Waals surface area contributed by atoms with E-state index in [1.54, 1.807) is 4.68 Å². The number of aliphatic hydroxyl groups is 2. The first-order chi connectivity index (χ1) is 15.3. The zero-order valence-electron chi connectivity index (χ0n) is 18.7. The third-order valence-corrected chi connectivity index (χ3v) is 6.22. The van der Waals surface area contributed by atoms with Crippen LogP contribution in [-0.4, -0.2) is 38.7 Å². The Labute approximate surface area is 188 Å². The number of aliphatic hydroxyl groups excluding tert-OH is 2. The molecule has 1 aromatic heterocycles. The summed E-state index contributed by atoms with van der Waals surface area (Å²) < 4.78 is 1.67. The molecule has 0 radical (unpaired) electrons. The van der Waals surface area contributed by atoms with Gasteiger partial charge in [-0.25, -0.2) is 9.48 Å². The highest BCUT2D eigenvalue weighted by molar-refractivity contribution is 5.90. The minimum absolute atomic E-state index is 0.0287. The number of rotatable bonds is 5. The van der Waals surface area contributed by atoms with Crippen LogP contribution in [0.25, 0.3) is 5.69 Å². The number of anilines is 1. The number of carbonyl (C=O) groups is 1. The van der Waals surface area contributed by atoms with Crippen LogP contribution >= 0.6 is 0 Å². The lowest BCUT2D eigenvalue weighted by Crippen LogP contribution is -2.45. The van der Waals surface area contributed by atoms with Crippen LogP contribution < -0.4 is 10.6 Å². The zero-order chi connectivity index (χ0) is 22.9. The fraction of sp³-hybridized carbons (Fsp3) is 0.360. The molecule has 4 rings (SSSR count). The van der Waals surface area contributed by atoms with E-state index in [2.05, 4.69) is 35.6 Å². The highest BCUT2D eigenvalue weighted by Gasteiger charge is 2.39. The molecule has 3 aromatic rings. The van der Waals surface area contributed by atoms with Crippen molar-refractivity contribution >= 4 is 11.8 Å². The van der Waals surface area contributed by atoms with Crippen molar-refractivity contribution in [2.24, 2.45) is 0 Å². The first-order valence-electron chi connectivity index (χ1n) is 10.9. The number of amides is 2. The summed E-state index contributed by atoms with van der Waals surface area (Å²) in [6, 6.07) is 16.5. The van der Waals surface area contributed by atoms with E-state index in [9.17, 15) is 15.0 Å². The maximum Gasteiger partial charge on any atom is 0.320 e. The number of aromatic nitrogens is 2. The van der Waals surface area contributed by atoms with E-state index in [0.717, 1.165) is 28.1 Å². The Morgan fingerprint density at radius 2 is 1.84 bits per heavy atom. The molecule has 2 aromatic carbocycles. The number of nitrogens with zero attached hydrogens (tertiary/aromatic N) is 2. The maximum atomic E-state index is 13.1. The second-order valence-corrected chi connectivity index (χ2v) is 8.96. The average molecular weight is 435 g/mol. The van der Waals surface area contributed by atoms with Crippen LogP contribution in [0.4, 0.5) is 10.6 Å². The van der Waals surface area contributed by atoms with E-state index in [4.69, 9.17) is 0 Å². The molecule has 7 nitrogen and oxygen atoms in total. The topological polar surface area (TPSA) is 99.4 Å². The number of para-hydroxylation sites is 1. The molecular weight excluding hydrogens is 404 g/mol. The summed E-state index contributed by atoms with van der Waals surface area (Å²) in [5, 5.41) is 30.7. The van der Waals surface area contributed by atoms with Gasteiger partial charge in [0, 0.05) is 18.6 Å². The predicted molar refractivity (Wildman–Crippen MR) is 124 cm³/mol. The second kappa shape index (κ2) is 8.76. The lowest BCUT2D eigenvalue weighted by Gasteiger charge is -2.40. The van der Waals surface area contributed by atoms with E-state index < -0.39 is 18.2 Å². The minimum Gasteiger partial charge on any atom is -0.396 e. The third-order valence-electron chi connectivity index (χ3n) is 6.22. The molecule has 0 spiro atoms. The van der Waals surface area contributed by atoms with E-state index in [1.807, 2.05) is 55.5 Å². The molecule has 32 heavy (non-hydrogen) atoms. The van der Waals surface area contributed by atoms with Crippen LogP contribution in [0.15, 0.2) is 54.6 Å². The maximum absolute atomic E-state index is 13.1. The third kappa shape index (κ3) is 4.13. The highest BCUT2D eigenvalue weighted by Crippen LogP contribution is 2.41. The van der Waals surface area contributed by atoms with Gasteiger partial charge in [-0.2, -0.15) is 5.10 Å². The quantitative estimate of drug-likeness (QED) is 0.493. The van der Waals surface area contributed by atoms with Crippen molar-refractivity contribution in [3.8, 4) is 5.69 Å². The number of carbonyl (C=O) groups excluding carboxylic acids is 1. The normalized spacial score (nSPS) is 19.3. The fourth-order valence-electron chi connectivity index (χ4n) is 4.59. The summed E-state index contributed by atoms with van der Waals surface area (Å²) in [7, 11) is 0. The monoisotopic (exact) mass is 434 g/mol. The van der Waals surface area contributed by atoms with Crippen molar-refractivity contribution in [1.29, 1.82) is 0 Å². The van der Waals surface area contributed by atoms with Gasteiger partial charge in [-0.05, 0) is 42.0 Å². The van der Waals surface area contributed by atoms with Crippen molar-refractivity contribution in [2.75, 3.05) is 11.9 Å². The molecule has 168 valence electrons. The van der Waals surface area contributed by atoms with Crippen molar-refractivity contribution in [1.82, 2.24) is 15.1 Å². The lowest BCUT2D eigenvalue weighted by molar-refractivity contribution is 0.0883. The van der Waals surface area contributed by atoms with Gasteiger partial charge in [0.15, 0.2) is 0 Å². The van der Waals surface area contributed by atoms with E-state index in [-0.39, 0.29) is 12.0 Å². The standard InChI is InChI=1S/C25H30N4O3/c1-16-20(13-14-30)28-29(17-9-5-4-6-10-17)23(16)27-24(32)26-22-18-11-7-8-12-19(18)25(2,3)15-21(22)31/h4-12,21-22,30-31H,13-15H2,1-3H3,(H2,26,27,32). The number of benzene rings is 2. The van der Waals surface area contributed by atoms with Gasteiger partial charge in [0.25, 0.3) is 0 Å². The zero-order valence-corrected chi connectivity index (χ0v) is 18.7. The van der Waals surface area contributed by atoms with Gasteiger partial charge in [-0.1, -0.05) is 56.3 Å². The molecule has 1 heterocycles. The lowest BCUT2D eigenvalue weighted by atomic mass is 9.70. The molecule has 4 N–H and O–H groups in total. The smallest absolute Gasteiger partial charge is 0.320 e. The Morgan fingerprint density at radius 3 is 2.56 bits per heavy atom. The van der Waals surface area contributed by atoms with Gasteiger partial charge in [0.1, 0.15) is 5.82 Å². The van der Waals surface area contributed by atoms with Gasteiger partial charge in [0.2, 0.25) is 0 Å². The largest absolute Gasteiger partial charge is 0.396 e. The molecule has 0 fully saturated rings. The van der Waals surface area contributed by atoms with Crippen LogP contribution in [0.1, 0.15) is 48.7 Å². The molecule has 1 aliphatic rings. The van der Waals surface area contributed by atoms with Crippen molar-refractivity contribution in [2.45, 2.75) is 51.2 Å². The van der Waals surface area contributed by atoms with Crippen molar-refractivity contribution < 1.29 is 15.0 Å². The molecule has 0 bridgehead atoms. The van der Waals surface area contributed by atoms with E-state index >= 15 is 0 Å². The van der Waals surface area contributed by atoms with Gasteiger partial charge in [0.05, 0.1) is 23.5 Å². The summed E-state index contributed by atoms with van der Waals surface area (Å²) in [6.45, 7) is 6.06. The number of fused-ring (bicyclic) bond motifs is 1. The number of urea groups is 1. The predicted octanol–water partition coefficient (Wildman–Crippen LogP) is 3.62. The summed E-state index contributed by atoms with van der Waals surface area (Å²) >= 11 is 0. The first-order valence-corrected chi connectivity index (χ1v) is 10.9. The average Bonchev–Trinajstić information content (AvgIpc) is 3.07. The Balaban J connectivity index is 1.62. The Hall–Kier alpha value is -3.16. The van der Waals surface area contributed by atoms with E-state index in [1.165, 1.54) is 0 Å². The molecule has 2 amide bonds. The molecule has 2 unspecified atom stereocenters. The van der Waals surface area contributed by atoms with Crippen LogP contribution in [-0.2, 0) is 11.8 Å². The second-order valence-electron chi connectivity index (χ2n) is 8.96. The molecule has 1 aliphatic carbocycles.